The van der Waals surface area contributed by atoms with Crippen LogP contribution < -0.4 is 0 Å². The van der Waals surface area contributed by atoms with Gasteiger partial charge in [-0.3, -0.25) is 0 Å². The molecule has 66 valence electrons. The fraction of sp³-hybridized carbons (Fsp3) is 0.143. The van der Waals surface area contributed by atoms with E-state index >= 15 is 0 Å². The molecule has 1 aromatic rings. The van der Waals surface area contributed by atoms with Crippen LogP contribution in [0.2, 0.25) is 20.1 Å². The van der Waals surface area contributed by atoms with Gasteiger partial charge in [0, 0.05) is 4.90 Å². The second kappa shape index (κ2) is 3.85. The van der Waals surface area contributed by atoms with Crippen molar-refractivity contribution in [2.24, 2.45) is 0 Å². The Hall–Kier alpha value is 0.730. The Labute approximate surface area is 96.2 Å². The third kappa shape index (κ3) is 1.66. The summed E-state index contributed by atoms with van der Waals surface area (Å²) in [5, 5.41) is 1.26. The van der Waals surface area contributed by atoms with Crippen LogP contribution in [0.3, 0.4) is 0 Å². The summed E-state index contributed by atoms with van der Waals surface area (Å²) in [5.74, 6) is 0. The van der Waals surface area contributed by atoms with E-state index in [2.05, 4.69) is 12.6 Å². The number of halogens is 4. The Morgan fingerprint density at radius 1 is 0.833 bits per heavy atom. The zero-order valence-electron chi connectivity index (χ0n) is 5.96. The molecule has 0 N–H and O–H groups in total. The van der Waals surface area contributed by atoms with E-state index in [1.165, 1.54) is 0 Å². The molecule has 0 bridgehead atoms. The molecule has 0 fully saturated rings. The molecule has 0 atom stereocenters. The molecule has 0 aliphatic rings. The molecule has 1 rings (SSSR count). The van der Waals surface area contributed by atoms with Crippen LogP contribution in [0, 0.1) is 6.92 Å². The Morgan fingerprint density at radius 2 is 1.25 bits per heavy atom. The van der Waals surface area contributed by atoms with E-state index in [-0.39, 0.29) is 10.0 Å². The van der Waals surface area contributed by atoms with Gasteiger partial charge in [-0.05, 0) is 12.5 Å². The van der Waals surface area contributed by atoms with Crippen LogP contribution in [0.5, 0.6) is 0 Å². The molecule has 0 radical (unpaired) electrons. The molecular formula is C7H4Cl4S. The van der Waals surface area contributed by atoms with Gasteiger partial charge in [0.15, 0.2) is 0 Å². The molecule has 0 saturated heterocycles. The van der Waals surface area contributed by atoms with Gasteiger partial charge in [0.05, 0.1) is 20.1 Å². The van der Waals surface area contributed by atoms with Crippen LogP contribution in [0.1, 0.15) is 5.56 Å². The third-order valence-electron chi connectivity index (χ3n) is 1.47. The molecule has 0 spiro atoms. The largest absolute Gasteiger partial charge is 0.142 e. The van der Waals surface area contributed by atoms with Crippen LogP contribution in [0.25, 0.3) is 0 Å². The van der Waals surface area contributed by atoms with Gasteiger partial charge in [-0.15, -0.1) is 12.6 Å². The average Bonchev–Trinajstić information content (AvgIpc) is 2.08. The number of hydrogen-bond acceptors (Lipinski definition) is 1. The molecule has 0 aliphatic heterocycles. The van der Waals surface area contributed by atoms with Gasteiger partial charge in [0.1, 0.15) is 0 Å². The predicted molar refractivity (Wildman–Crippen MR) is 58.5 cm³/mol. The van der Waals surface area contributed by atoms with Crippen LogP contribution in [-0.4, -0.2) is 0 Å². The fourth-order valence-electron chi connectivity index (χ4n) is 0.730. The molecule has 0 aromatic heterocycles. The summed E-state index contributed by atoms with van der Waals surface area (Å²) < 4.78 is 0. The second-order valence-electron chi connectivity index (χ2n) is 2.23. The van der Waals surface area contributed by atoms with E-state index in [9.17, 15) is 0 Å². The lowest BCUT2D eigenvalue weighted by molar-refractivity contribution is 1.31. The summed E-state index contributed by atoms with van der Waals surface area (Å²) in [4.78, 5) is 0.566. The maximum absolute atomic E-state index is 5.84. The van der Waals surface area contributed by atoms with E-state index in [1.54, 1.807) is 6.92 Å². The maximum Gasteiger partial charge on any atom is 0.0805 e. The molecule has 0 amide bonds. The Bertz CT molecular complexity index is 230. The van der Waals surface area contributed by atoms with Crippen LogP contribution >= 0.6 is 59.0 Å². The van der Waals surface area contributed by atoms with Crippen molar-refractivity contribution >= 4 is 59.0 Å². The highest BCUT2D eigenvalue weighted by molar-refractivity contribution is 7.80. The summed E-state index contributed by atoms with van der Waals surface area (Å²) in [6, 6.07) is 0. The standard InChI is InChI=1S/C7H4Cl4S/c1-2-3(8)4(9)5(10)6(11)7(2)12/h12H,1H3. The van der Waals surface area contributed by atoms with E-state index in [0.717, 1.165) is 5.56 Å². The lowest BCUT2D eigenvalue weighted by Crippen LogP contribution is -1.84. The summed E-state index contributed by atoms with van der Waals surface area (Å²) in [7, 11) is 0. The van der Waals surface area contributed by atoms with Gasteiger partial charge in [-0.25, -0.2) is 0 Å². The summed E-state index contributed by atoms with van der Waals surface area (Å²) in [5.41, 5.74) is 0.736. The molecule has 1 aromatic carbocycles. The summed E-state index contributed by atoms with van der Waals surface area (Å²) in [6.07, 6.45) is 0. The monoisotopic (exact) mass is 260 g/mol. The third-order valence-corrected chi connectivity index (χ3v) is 4.06. The Kier molecular flexibility index (Phi) is 3.47. The molecular weight excluding hydrogens is 258 g/mol. The molecule has 5 heteroatoms. The first-order valence-electron chi connectivity index (χ1n) is 2.98. The highest BCUT2D eigenvalue weighted by Gasteiger charge is 2.14. The lowest BCUT2D eigenvalue weighted by atomic mass is 10.2. The Balaban J connectivity index is 3.60. The van der Waals surface area contributed by atoms with E-state index in [0.29, 0.717) is 14.9 Å². The van der Waals surface area contributed by atoms with Gasteiger partial charge < -0.3 is 0 Å². The highest BCUT2D eigenvalue weighted by atomic mass is 35.5. The zero-order chi connectivity index (χ0) is 9.46. The normalized spacial score (nSPS) is 10.5. The van der Waals surface area contributed by atoms with Gasteiger partial charge in [-0.2, -0.15) is 0 Å². The molecule has 12 heavy (non-hydrogen) atoms. The van der Waals surface area contributed by atoms with Crippen molar-refractivity contribution in [1.29, 1.82) is 0 Å². The molecule has 0 heterocycles. The highest BCUT2D eigenvalue weighted by Crippen LogP contribution is 2.42. The van der Waals surface area contributed by atoms with Crippen molar-refractivity contribution in [3.63, 3.8) is 0 Å². The van der Waals surface area contributed by atoms with Crippen LogP contribution in [0.15, 0.2) is 4.90 Å². The van der Waals surface area contributed by atoms with Crippen molar-refractivity contribution in [3.05, 3.63) is 25.7 Å². The van der Waals surface area contributed by atoms with Gasteiger partial charge in [0.2, 0.25) is 0 Å². The smallest absolute Gasteiger partial charge is 0.0805 e. The zero-order valence-corrected chi connectivity index (χ0v) is 9.88. The van der Waals surface area contributed by atoms with Crippen molar-refractivity contribution in [2.75, 3.05) is 0 Å². The first kappa shape index (κ1) is 10.8. The molecule has 0 nitrogen and oxygen atoms in total. The van der Waals surface area contributed by atoms with Crippen molar-refractivity contribution < 1.29 is 0 Å². The average molecular weight is 262 g/mol. The second-order valence-corrected chi connectivity index (χ2v) is 4.19. The first-order valence-corrected chi connectivity index (χ1v) is 4.94. The van der Waals surface area contributed by atoms with Crippen molar-refractivity contribution in [3.8, 4) is 0 Å². The maximum atomic E-state index is 5.84. The minimum absolute atomic E-state index is 0.249. The summed E-state index contributed by atoms with van der Waals surface area (Å²) >= 11 is 27.3. The van der Waals surface area contributed by atoms with E-state index in [4.69, 9.17) is 46.4 Å². The first-order chi connectivity index (χ1) is 5.46. The van der Waals surface area contributed by atoms with Crippen molar-refractivity contribution in [1.82, 2.24) is 0 Å². The number of benzene rings is 1. The van der Waals surface area contributed by atoms with Crippen LogP contribution in [0.4, 0.5) is 0 Å². The van der Waals surface area contributed by atoms with E-state index < -0.39 is 0 Å². The fourth-order valence-corrected chi connectivity index (χ4v) is 2.03. The quantitative estimate of drug-likeness (QED) is 0.383. The van der Waals surface area contributed by atoms with Gasteiger partial charge >= 0.3 is 0 Å². The SMILES string of the molecule is Cc1c(S)c(Cl)c(Cl)c(Cl)c1Cl. The molecule has 0 saturated carbocycles. The number of rotatable bonds is 0. The topological polar surface area (TPSA) is 0 Å². The summed E-state index contributed by atoms with van der Waals surface area (Å²) in [6.45, 7) is 1.78. The minimum atomic E-state index is 0.249. The van der Waals surface area contributed by atoms with Gasteiger partial charge in [-0.1, -0.05) is 46.4 Å². The number of hydrogen-bond donors (Lipinski definition) is 1. The predicted octanol–water partition coefficient (Wildman–Crippen LogP) is 4.90. The van der Waals surface area contributed by atoms with Crippen LogP contribution in [-0.2, 0) is 0 Å². The molecule has 0 unspecified atom stereocenters. The minimum Gasteiger partial charge on any atom is -0.142 e. The van der Waals surface area contributed by atoms with Gasteiger partial charge in [0.25, 0.3) is 0 Å². The van der Waals surface area contributed by atoms with Crippen molar-refractivity contribution in [2.45, 2.75) is 11.8 Å². The molecule has 0 aliphatic carbocycles. The lowest BCUT2D eigenvalue weighted by Gasteiger charge is -2.08. The number of thiol groups is 1. The van der Waals surface area contributed by atoms with E-state index in [1.807, 2.05) is 0 Å². The Morgan fingerprint density at radius 3 is 1.75 bits per heavy atom.